The van der Waals surface area contributed by atoms with Gasteiger partial charge in [0.2, 0.25) is 5.95 Å². The third-order valence-electron chi connectivity index (χ3n) is 9.45. The Hall–Kier alpha value is -3.75. The largest absolute Gasteiger partial charge is 0.381 e. The Bertz CT molecular complexity index is 1850. The predicted octanol–water partition coefficient (Wildman–Crippen LogP) is 3.35. The average molecular weight is 660 g/mol. The van der Waals surface area contributed by atoms with Crippen LogP contribution in [0.15, 0.2) is 64.5 Å². The van der Waals surface area contributed by atoms with Gasteiger partial charge in [-0.2, -0.15) is 4.98 Å². The highest BCUT2D eigenvalue weighted by Crippen LogP contribution is 2.27. The lowest BCUT2D eigenvalue weighted by Crippen LogP contribution is -2.39. The third kappa shape index (κ3) is 7.09. The van der Waals surface area contributed by atoms with E-state index in [0.29, 0.717) is 86.5 Å². The summed E-state index contributed by atoms with van der Waals surface area (Å²) in [5, 5.41) is 6.99. The van der Waals surface area contributed by atoms with Gasteiger partial charge in [-0.05, 0) is 74.0 Å². The summed E-state index contributed by atoms with van der Waals surface area (Å²) < 4.78 is 39.0. The van der Waals surface area contributed by atoms with E-state index in [-0.39, 0.29) is 10.5 Å². The van der Waals surface area contributed by atoms with Gasteiger partial charge in [0, 0.05) is 69.4 Å². The van der Waals surface area contributed by atoms with Gasteiger partial charge in [-0.3, -0.25) is 19.2 Å². The first-order chi connectivity index (χ1) is 23.0. The first-order valence-corrected chi connectivity index (χ1v) is 18.1. The highest BCUT2D eigenvalue weighted by atomic mass is 32.2. The van der Waals surface area contributed by atoms with Crippen molar-refractivity contribution in [2.45, 2.75) is 48.3 Å². The van der Waals surface area contributed by atoms with Crippen LogP contribution in [0, 0.1) is 0 Å². The molecule has 12 nitrogen and oxygen atoms in total. The second-order valence-electron chi connectivity index (χ2n) is 12.5. The SMILES string of the molecule is O=c1c(-c2ccc(S(=O)(=O)C3CCOCC3)cn2)cc2cnc(Nc3ccc(C4CCCNC4)cc3)nc2n1CCN1CCOCC1. The molecule has 3 saturated heterocycles. The van der Waals surface area contributed by atoms with Crippen molar-refractivity contribution in [1.29, 1.82) is 0 Å². The molecule has 6 heterocycles. The van der Waals surface area contributed by atoms with Crippen molar-refractivity contribution in [2.24, 2.45) is 0 Å². The van der Waals surface area contributed by atoms with E-state index in [1.54, 1.807) is 29.0 Å². The number of rotatable bonds is 9. The highest BCUT2D eigenvalue weighted by molar-refractivity contribution is 7.92. The maximum Gasteiger partial charge on any atom is 0.261 e. The fourth-order valence-corrected chi connectivity index (χ4v) is 8.32. The van der Waals surface area contributed by atoms with Gasteiger partial charge in [0.15, 0.2) is 9.84 Å². The molecule has 1 unspecified atom stereocenters. The molecule has 1 atom stereocenters. The molecular formula is C34H41N7O5S. The fourth-order valence-electron chi connectivity index (χ4n) is 6.67. The van der Waals surface area contributed by atoms with Crippen LogP contribution < -0.4 is 16.2 Å². The Balaban J connectivity index is 1.19. The van der Waals surface area contributed by atoms with E-state index in [1.807, 2.05) is 12.1 Å². The summed E-state index contributed by atoms with van der Waals surface area (Å²) in [6.07, 6.45) is 6.37. The summed E-state index contributed by atoms with van der Waals surface area (Å²) in [6.45, 7) is 6.93. The van der Waals surface area contributed by atoms with Gasteiger partial charge < -0.3 is 20.1 Å². The maximum absolute atomic E-state index is 14.1. The highest BCUT2D eigenvalue weighted by Gasteiger charge is 2.30. The molecule has 2 N–H and O–H groups in total. The molecule has 0 amide bonds. The zero-order chi connectivity index (χ0) is 32.2. The summed E-state index contributed by atoms with van der Waals surface area (Å²) in [7, 11) is -3.55. The van der Waals surface area contributed by atoms with Crippen molar-refractivity contribution in [1.82, 2.24) is 29.7 Å². The first kappa shape index (κ1) is 31.8. The van der Waals surface area contributed by atoms with E-state index >= 15 is 0 Å². The van der Waals surface area contributed by atoms with Gasteiger partial charge in [-0.15, -0.1) is 0 Å². The zero-order valence-corrected chi connectivity index (χ0v) is 27.3. The van der Waals surface area contributed by atoms with Crippen LogP contribution in [0.5, 0.6) is 0 Å². The van der Waals surface area contributed by atoms with Gasteiger partial charge >= 0.3 is 0 Å². The van der Waals surface area contributed by atoms with Crippen LogP contribution in [0.2, 0.25) is 0 Å². The normalized spacial score (nSPS) is 20.0. The number of anilines is 2. The minimum absolute atomic E-state index is 0.157. The lowest BCUT2D eigenvalue weighted by molar-refractivity contribution is 0.0364. The van der Waals surface area contributed by atoms with E-state index in [4.69, 9.17) is 14.5 Å². The summed E-state index contributed by atoms with van der Waals surface area (Å²) in [4.78, 5) is 30.4. The third-order valence-corrected chi connectivity index (χ3v) is 11.7. The lowest BCUT2D eigenvalue weighted by Gasteiger charge is -2.27. The number of aromatic nitrogens is 4. The van der Waals surface area contributed by atoms with Crippen LogP contribution in [0.3, 0.4) is 0 Å². The zero-order valence-electron chi connectivity index (χ0n) is 26.4. The molecule has 0 spiro atoms. The number of nitrogens with one attached hydrogen (secondary N) is 2. The summed E-state index contributed by atoms with van der Waals surface area (Å²) in [6, 6.07) is 13.3. The lowest BCUT2D eigenvalue weighted by atomic mass is 9.92. The molecule has 3 aliphatic heterocycles. The molecule has 0 radical (unpaired) electrons. The molecule has 4 aromatic rings. The molecule has 3 fully saturated rings. The standard InChI is InChI=1S/C34H41N7O5S/c42-33-30(31-8-7-29(23-36-31)47(43,44)28-9-16-45-17-10-28)20-26-22-37-34(39-32(26)41(33)13-12-40-14-18-46-19-15-40)38-27-5-3-24(4-6-27)25-2-1-11-35-21-25/h3-8,20,22-23,25,28,35H,1-2,9-19,21H2,(H,37,38,39). The number of sulfone groups is 1. The van der Waals surface area contributed by atoms with Crippen LogP contribution in [0.25, 0.3) is 22.3 Å². The Kier molecular flexibility index (Phi) is 9.59. The van der Waals surface area contributed by atoms with Crippen molar-refractivity contribution in [3.63, 3.8) is 0 Å². The molecule has 1 aromatic carbocycles. The second kappa shape index (κ2) is 14.2. The molecule has 248 valence electrons. The number of piperidine rings is 1. The Labute approximate surface area is 274 Å². The Morgan fingerprint density at radius 1 is 0.915 bits per heavy atom. The number of pyridine rings is 2. The maximum atomic E-state index is 14.1. The van der Waals surface area contributed by atoms with Crippen LogP contribution in [0.4, 0.5) is 11.6 Å². The minimum Gasteiger partial charge on any atom is -0.381 e. The monoisotopic (exact) mass is 659 g/mol. The van der Waals surface area contributed by atoms with E-state index in [9.17, 15) is 13.2 Å². The second-order valence-corrected chi connectivity index (χ2v) is 14.7. The summed E-state index contributed by atoms with van der Waals surface area (Å²) in [5.74, 6) is 0.921. The summed E-state index contributed by atoms with van der Waals surface area (Å²) in [5.41, 5.74) is 3.23. The predicted molar refractivity (Wildman–Crippen MR) is 180 cm³/mol. The number of fused-ring (bicyclic) bond motifs is 1. The van der Waals surface area contributed by atoms with Crippen molar-refractivity contribution in [2.75, 3.05) is 64.5 Å². The van der Waals surface area contributed by atoms with Crippen LogP contribution >= 0.6 is 0 Å². The number of hydrogen-bond acceptors (Lipinski definition) is 11. The van der Waals surface area contributed by atoms with Gasteiger partial charge in [0.25, 0.3) is 5.56 Å². The Morgan fingerprint density at radius 2 is 1.70 bits per heavy atom. The van der Waals surface area contributed by atoms with Crippen molar-refractivity contribution < 1.29 is 17.9 Å². The molecular weight excluding hydrogens is 618 g/mol. The fraction of sp³-hybridized carbons (Fsp3) is 0.471. The molecule has 47 heavy (non-hydrogen) atoms. The van der Waals surface area contributed by atoms with E-state index in [2.05, 4.69) is 37.6 Å². The molecule has 0 aliphatic carbocycles. The number of hydrogen-bond donors (Lipinski definition) is 2. The van der Waals surface area contributed by atoms with Crippen molar-refractivity contribution in [3.05, 3.63) is 70.8 Å². The molecule has 13 heteroatoms. The van der Waals surface area contributed by atoms with Gasteiger partial charge in [0.1, 0.15) is 5.65 Å². The average Bonchev–Trinajstić information content (AvgIpc) is 3.13. The van der Waals surface area contributed by atoms with E-state index in [0.717, 1.165) is 31.9 Å². The van der Waals surface area contributed by atoms with Crippen molar-refractivity contribution in [3.8, 4) is 11.3 Å². The number of nitrogens with zero attached hydrogens (tertiary/aromatic N) is 5. The van der Waals surface area contributed by atoms with Gasteiger partial charge in [-0.1, -0.05) is 12.1 Å². The molecule has 7 rings (SSSR count). The quantitative estimate of drug-likeness (QED) is 0.273. The minimum atomic E-state index is -3.55. The molecule has 3 aromatic heterocycles. The number of ether oxygens (including phenoxy) is 2. The van der Waals surface area contributed by atoms with Crippen LogP contribution in [0.1, 0.15) is 37.2 Å². The van der Waals surface area contributed by atoms with Crippen LogP contribution in [-0.4, -0.2) is 97.2 Å². The topological polar surface area (TPSA) is 141 Å². The van der Waals surface area contributed by atoms with Gasteiger partial charge in [0.05, 0.1) is 34.6 Å². The van der Waals surface area contributed by atoms with E-state index < -0.39 is 15.1 Å². The van der Waals surface area contributed by atoms with Crippen molar-refractivity contribution >= 4 is 32.5 Å². The van der Waals surface area contributed by atoms with E-state index in [1.165, 1.54) is 24.6 Å². The van der Waals surface area contributed by atoms with Gasteiger partial charge in [-0.25, -0.2) is 13.4 Å². The molecule has 0 bridgehead atoms. The number of morpholine rings is 1. The smallest absolute Gasteiger partial charge is 0.261 e. The molecule has 0 saturated carbocycles. The number of benzene rings is 1. The van der Waals surface area contributed by atoms with Crippen LogP contribution in [-0.2, 0) is 25.9 Å². The Morgan fingerprint density at radius 3 is 2.43 bits per heavy atom. The summed E-state index contributed by atoms with van der Waals surface area (Å²) >= 11 is 0. The first-order valence-electron chi connectivity index (χ1n) is 16.5. The molecule has 3 aliphatic rings.